The van der Waals surface area contributed by atoms with Crippen LogP contribution in [-0.4, -0.2) is 25.3 Å². The molecule has 0 aliphatic heterocycles. The van der Waals surface area contributed by atoms with E-state index in [0.29, 0.717) is 24.1 Å². The van der Waals surface area contributed by atoms with Gasteiger partial charge in [0.15, 0.2) is 0 Å². The van der Waals surface area contributed by atoms with Gasteiger partial charge < -0.3 is 10.1 Å². The maximum absolute atomic E-state index is 13.0. The van der Waals surface area contributed by atoms with Crippen molar-refractivity contribution in [3.8, 4) is 0 Å². The van der Waals surface area contributed by atoms with Gasteiger partial charge in [-0.15, -0.1) is 0 Å². The van der Waals surface area contributed by atoms with Crippen molar-refractivity contribution in [1.29, 1.82) is 0 Å². The standard InChI is InChI=1S/C15H18F3NO2/c1-21-14(20)10-6-8-11(9-7-10)19-13-5-3-2-4-12(13)15(16,17)18/h6-9,12-13,19H,2-5H2,1H3. The zero-order valence-corrected chi connectivity index (χ0v) is 11.7. The Morgan fingerprint density at radius 1 is 1.19 bits per heavy atom. The van der Waals surface area contributed by atoms with Crippen LogP contribution in [0, 0.1) is 5.92 Å². The molecule has 0 radical (unpaired) electrons. The van der Waals surface area contributed by atoms with Crippen molar-refractivity contribution >= 4 is 11.7 Å². The van der Waals surface area contributed by atoms with Crippen LogP contribution < -0.4 is 5.32 Å². The van der Waals surface area contributed by atoms with E-state index in [2.05, 4.69) is 10.1 Å². The van der Waals surface area contributed by atoms with Crippen LogP contribution in [0.25, 0.3) is 0 Å². The van der Waals surface area contributed by atoms with Crippen LogP contribution in [0.5, 0.6) is 0 Å². The maximum Gasteiger partial charge on any atom is 0.393 e. The number of alkyl halides is 3. The first kappa shape index (κ1) is 15.7. The van der Waals surface area contributed by atoms with Gasteiger partial charge in [0.1, 0.15) is 0 Å². The molecule has 0 aromatic heterocycles. The van der Waals surface area contributed by atoms with Gasteiger partial charge in [-0.1, -0.05) is 12.8 Å². The molecule has 116 valence electrons. The van der Waals surface area contributed by atoms with E-state index < -0.39 is 24.1 Å². The van der Waals surface area contributed by atoms with E-state index in [-0.39, 0.29) is 6.42 Å². The van der Waals surface area contributed by atoms with E-state index in [1.807, 2.05) is 0 Å². The number of ether oxygens (including phenoxy) is 1. The highest BCUT2D eigenvalue weighted by Gasteiger charge is 2.45. The van der Waals surface area contributed by atoms with Crippen molar-refractivity contribution in [2.45, 2.75) is 37.9 Å². The lowest BCUT2D eigenvalue weighted by atomic mass is 9.84. The van der Waals surface area contributed by atoms with Crippen molar-refractivity contribution < 1.29 is 22.7 Å². The first-order chi connectivity index (χ1) is 9.91. The van der Waals surface area contributed by atoms with Crippen LogP contribution in [0.3, 0.4) is 0 Å². The second kappa shape index (κ2) is 6.37. The van der Waals surface area contributed by atoms with Gasteiger partial charge in [0.25, 0.3) is 0 Å². The molecule has 2 rings (SSSR count). The molecule has 0 spiro atoms. The summed E-state index contributed by atoms with van der Waals surface area (Å²) in [5.74, 6) is -1.78. The number of anilines is 1. The molecule has 1 fully saturated rings. The second-order valence-corrected chi connectivity index (χ2v) is 5.25. The van der Waals surface area contributed by atoms with E-state index in [1.54, 1.807) is 24.3 Å². The van der Waals surface area contributed by atoms with Crippen molar-refractivity contribution in [1.82, 2.24) is 0 Å². The van der Waals surface area contributed by atoms with Gasteiger partial charge in [-0.3, -0.25) is 0 Å². The van der Waals surface area contributed by atoms with Crippen molar-refractivity contribution in [2.24, 2.45) is 5.92 Å². The smallest absolute Gasteiger partial charge is 0.393 e. The van der Waals surface area contributed by atoms with Crippen LogP contribution in [0.2, 0.25) is 0 Å². The van der Waals surface area contributed by atoms with Gasteiger partial charge in [0, 0.05) is 11.7 Å². The van der Waals surface area contributed by atoms with Crippen LogP contribution in [0.15, 0.2) is 24.3 Å². The number of benzene rings is 1. The minimum Gasteiger partial charge on any atom is -0.465 e. The first-order valence-electron chi connectivity index (χ1n) is 6.93. The molecule has 1 aromatic rings. The first-order valence-corrected chi connectivity index (χ1v) is 6.93. The normalized spacial score (nSPS) is 22.7. The minimum absolute atomic E-state index is 0.168. The largest absolute Gasteiger partial charge is 0.465 e. The molecule has 3 nitrogen and oxygen atoms in total. The number of esters is 1. The fourth-order valence-corrected chi connectivity index (χ4v) is 2.73. The Labute approximate surface area is 121 Å². The topological polar surface area (TPSA) is 38.3 Å². The number of rotatable bonds is 3. The number of nitrogens with one attached hydrogen (secondary N) is 1. The number of carbonyl (C=O) groups is 1. The minimum atomic E-state index is -4.18. The third kappa shape index (κ3) is 3.89. The monoisotopic (exact) mass is 301 g/mol. The fourth-order valence-electron chi connectivity index (χ4n) is 2.73. The summed E-state index contributed by atoms with van der Waals surface area (Å²) in [4.78, 5) is 11.3. The Bertz CT molecular complexity index is 485. The molecule has 6 heteroatoms. The van der Waals surface area contributed by atoms with Crippen molar-refractivity contribution in [2.75, 3.05) is 12.4 Å². The van der Waals surface area contributed by atoms with Crippen LogP contribution in [-0.2, 0) is 4.74 Å². The zero-order valence-electron chi connectivity index (χ0n) is 11.7. The lowest BCUT2D eigenvalue weighted by Gasteiger charge is -2.34. The van der Waals surface area contributed by atoms with Crippen molar-refractivity contribution in [3.05, 3.63) is 29.8 Å². The molecule has 1 aromatic carbocycles. The van der Waals surface area contributed by atoms with E-state index >= 15 is 0 Å². The van der Waals surface area contributed by atoms with Gasteiger partial charge in [-0.25, -0.2) is 4.79 Å². The molecule has 2 atom stereocenters. The fraction of sp³-hybridized carbons (Fsp3) is 0.533. The summed E-state index contributed by atoms with van der Waals surface area (Å²) in [6, 6.07) is 5.68. The van der Waals surface area contributed by atoms with E-state index in [0.717, 1.165) is 6.42 Å². The molecule has 2 unspecified atom stereocenters. The van der Waals surface area contributed by atoms with Gasteiger partial charge in [-0.05, 0) is 37.1 Å². The summed E-state index contributed by atoms with van der Waals surface area (Å²) < 4.78 is 43.6. The van der Waals surface area contributed by atoms with Gasteiger partial charge in [0.05, 0.1) is 18.6 Å². The Hall–Kier alpha value is -1.72. The maximum atomic E-state index is 13.0. The number of methoxy groups -OCH3 is 1. The highest BCUT2D eigenvalue weighted by Crippen LogP contribution is 2.39. The number of hydrogen-bond donors (Lipinski definition) is 1. The molecule has 1 aliphatic rings. The predicted octanol–water partition coefficient (Wildman–Crippen LogP) is 4.01. The van der Waals surface area contributed by atoms with Gasteiger partial charge in [-0.2, -0.15) is 13.2 Å². The molecule has 21 heavy (non-hydrogen) atoms. The summed E-state index contributed by atoms with van der Waals surface area (Å²) >= 11 is 0. The Kier molecular flexibility index (Phi) is 4.75. The molecular formula is C15H18F3NO2. The van der Waals surface area contributed by atoms with Crippen LogP contribution >= 0.6 is 0 Å². The molecule has 0 amide bonds. The summed E-state index contributed by atoms with van der Waals surface area (Å²) in [6.45, 7) is 0. The molecule has 0 bridgehead atoms. The Balaban J connectivity index is 2.07. The summed E-state index contributed by atoms with van der Waals surface area (Å²) in [5, 5.41) is 2.95. The summed E-state index contributed by atoms with van der Waals surface area (Å²) in [5.41, 5.74) is 0.961. The average molecular weight is 301 g/mol. The lowest BCUT2D eigenvalue weighted by Crippen LogP contribution is -2.41. The highest BCUT2D eigenvalue weighted by atomic mass is 19.4. The van der Waals surface area contributed by atoms with Crippen LogP contribution in [0.1, 0.15) is 36.0 Å². The molecule has 1 saturated carbocycles. The highest BCUT2D eigenvalue weighted by molar-refractivity contribution is 5.89. The van der Waals surface area contributed by atoms with Gasteiger partial charge >= 0.3 is 12.1 Å². The van der Waals surface area contributed by atoms with E-state index in [1.165, 1.54) is 7.11 Å². The zero-order chi connectivity index (χ0) is 15.5. The molecule has 0 heterocycles. The lowest BCUT2D eigenvalue weighted by molar-refractivity contribution is -0.184. The molecule has 1 aliphatic carbocycles. The van der Waals surface area contributed by atoms with Crippen LogP contribution in [0.4, 0.5) is 18.9 Å². The number of carbonyl (C=O) groups excluding carboxylic acids is 1. The molecule has 0 saturated heterocycles. The summed E-state index contributed by atoms with van der Waals surface area (Å²) in [6.07, 6.45) is -2.09. The third-order valence-electron chi connectivity index (χ3n) is 3.84. The predicted molar refractivity (Wildman–Crippen MR) is 73.2 cm³/mol. The van der Waals surface area contributed by atoms with E-state index in [4.69, 9.17) is 0 Å². The summed E-state index contributed by atoms with van der Waals surface area (Å²) in [7, 11) is 1.28. The second-order valence-electron chi connectivity index (χ2n) is 5.25. The number of hydrogen-bond acceptors (Lipinski definition) is 3. The Morgan fingerprint density at radius 2 is 1.81 bits per heavy atom. The molecule has 1 N–H and O–H groups in total. The van der Waals surface area contributed by atoms with E-state index in [9.17, 15) is 18.0 Å². The quantitative estimate of drug-likeness (QED) is 0.857. The Morgan fingerprint density at radius 3 is 2.38 bits per heavy atom. The number of halogens is 3. The SMILES string of the molecule is COC(=O)c1ccc(NC2CCCCC2C(F)(F)F)cc1. The van der Waals surface area contributed by atoms with Crippen molar-refractivity contribution in [3.63, 3.8) is 0 Å². The average Bonchev–Trinajstić information content (AvgIpc) is 2.47. The molecular weight excluding hydrogens is 283 g/mol. The van der Waals surface area contributed by atoms with Gasteiger partial charge in [0.2, 0.25) is 0 Å². The third-order valence-corrected chi connectivity index (χ3v) is 3.84.